The van der Waals surface area contributed by atoms with Crippen LogP contribution in [0.2, 0.25) is 0 Å². The lowest BCUT2D eigenvalue weighted by Crippen LogP contribution is -2.36. The zero-order valence-electron chi connectivity index (χ0n) is 12.3. The second-order valence-electron chi connectivity index (χ2n) is 5.91. The van der Waals surface area contributed by atoms with Crippen LogP contribution in [0.3, 0.4) is 0 Å². The zero-order chi connectivity index (χ0) is 14.7. The van der Waals surface area contributed by atoms with Crippen LogP contribution < -0.4 is 15.2 Å². The van der Waals surface area contributed by atoms with Crippen LogP contribution in [-0.2, 0) is 6.42 Å². The van der Waals surface area contributed by atoms with Gasteiger partial charge in [0.2, 0.25) is 0 Å². The monoisotopic (exact) mass is 262 g/mol. The summed E-state index contributed by atoms with van der Waals surface area (Å²) in [7, 11) is 1.60. The molecule has 0 saturated carbocycles. The van der Waals surface area contributed by atoms with Crippen LogP contribution in [0.25, 0.3) is 0 Å². The number of rotatable bonds is 4. The molecule has 0 radical (unpaired) electrons. The van der Waals surface area contributed by atoms with Gasteiger partial charge in [-0.15, -0.1) is 0 Å². The van der Waals surface area contributed by atoms with Crippen LogP contribution in [0.15, 0.2) is 18.2 Å². The highest BCUT2D eigenvalue weighted by Crippen LogP contribution is 2.31. The molecule has 1 aromatic carbocycles. The van der Waals surface area contributed by atoms with E-state index in [1.807, 2.05) is 39.0 Å². The van der Waals surface area contributed by atoms with E-state index in [2.05, 4.69) is 6.07 Å². The number of methoxy groups -OCH3 is 1. The molecule has 0 aliphatic carbocycles. The van der Waals surface area contributed by atoms with Gasteiger partial charge >= 0.3 is 0 Å². The lowest BCUT2D eigenvalue weighted by molar-refractivity contribution is 0.125. The third-order valence-electron chi connectivity index (χ3n) is 2.47. The van der Waals surface area contributed by atoms with Crippen molar-refractivity contribution in [1.29, 1.82) is 5.26 Å². The molecule has 0 saturated heterocycles. The summed E-state index contributed by atoms with van der Waals surface area (Å²) in [6.45, 7) is 7.63. The Kier molecular flexibility index (Phi) is 4.43. The molecule has 0 heterocycles. The van der Waals surface area contributed by atoms with E-state index in [1.165, 1.54) is 0 Å². The molecule has 1 aromatic rings. The van der Waals surface area contributed by atoms with Gasteiger partial charge in [-0.25, -0.2) is 0 Å². The Bertz CT molecular complexity index is 482. The average Bonchev–Trinajstić information content (AvgIpc) is 2.27. The Balaban J connectivity index is 3.06. The van der Waals surface area contributed by atoms with Gasteiger partial charge < -0.3 is 15.2 Å². The number of nitriles is 1. The lowest BCUT2D eigenvalue weighted by Gasteiger charge is -2.24. The van der Waals surface area contributed by atoms with Crippen LogP contribution in [0, 0.1) is 11.3 Å². The van der Waals surface area contributed by atoms with E-state index in [9.17, 15) is 0 Å². The van der Waals surface area contributed by atoms with Crippen molar-refractivity contribution in [3.63, 3.8) is 0 Å². The van der Waals surface area contributed by atoms with Gasteiger partial charge in [0.05, 0.1) is 13.2 Å². The predicted molar refractivity (Wildman–Crippen MR) is 75.3 cm³/mol. The smallest absolute Gasteiger partial charge is 0.162 e. The fourth-order valence-corrected chi connectivity index (χ4v) is 1.70. The van der Waals surface area contributed by atoms with Gasteiger partial charge in [-0.05, 0) is 45.4 Å². The minimum Gasteiger partial charge on any atom is -0.493 e. The molecule has 4 heteroatoms. The number of nitrogens with zero attached hydrogens (tertiary/aromatic N) is 1. The molecule has 4 nitrogen and oxygen atoms in total. The maximum atomic E-state index is 8.98. The van der Waals surface area contributed by atoms with E-state index >= 15 is 0 Å². The summed E-state index contributed by atoms with van der Waals surface area (Å²) in [5.41, 5.74) is 5.62. The van der Waals surface area contributed by atoms with E-state index in [4.69, 9.17) is 20.5 Å². The molecule has 0 aromatic heterocycles. The van der Waals surface area contributed by atoms with E-state index in [0.29, 0.717) is 17.9 Å². The molecule has 0 bridgehead atoms. The Hall–Kier alpha value is -1.73. The maximum Gasteiger partial charge on any atom is 0.162 e. The summed E-state index contributed by atoms with van der Waals surface area (Å²) in [4.78, 5) is 0. The first-order valence-corrected chi connectivity index (χ1v) is 6.23. The SMILES string of the molecule is COc1ccc(C[C@](C)(N)C#N)cc1OC(C)(C)C. The molecular formula is C15H22N2O2. The van der Waals surface area contributed by atoms with Gasteiger partial charge in [-0.3, -0.25) is 0 Å². The van der Waals surface area contributed by atoms with Gasteiger partial charge in [0.1, 0.15) is 11.1 Å². The Morgan fingerprint density at radius 3 is 2.32 bits per heavy atom. The minimum atomic E-state index is -0.881. The van der Waals surface area contributed by atoms with Crippen LogP contribution in [0.4, 0.5) is 0 Å². The van der Waals surface area contributed by atoms with Gasteiger partial charge in [-0.2, -0.15) is 5.26 Å². The Morgan fingerprint density at radius 2 is 1.84 bits per heavy atom. The molecule has 1 rings (SSSR count). The minimum absolute atomic E-state index is 0.312. The van der Waals surface area contributed by atoms with Crippen LogP contribution in [-0.4, -0.2) is 18.2 Å². The highest BCUT2D eigenvalue weighted by Gasteiger charge is 2.20. The first-order valence-electron chi connectivity index (χ1n) is 6.23. The van der Waals surface area contributed by atoms with Gasteiger partial charge in [0.15, 0.2) is 11.5 Å². The van der Waals surface area contributed by atoms with Crippen LogP contribution >= 0.6 is 0 Å². The summed E-state index contributed by atoms with van der Waals surface area (Å²) in [6, 6.07) is 7.71. The molecule has 19 heavy (non-hydrogen) atoms. The number of benzene rings is 1. The molecule has 0 aliphatic rings. The summed E-state index contributed by atoms with van der Waals surface area (Å²) in [6.07, 6.45) is 0.466. The number of nitrogens with two attached hydrogens (primary N) is 1. The average molecular weight is 262 g/mol. The van der Waals surface area contributed by atoms with Crippen molar-refractivity contribution in [3.8, 4) is 17.6 Å². The van der Waals surface area contributed by atoms with E-state index in [1.54, 1.807) is 14.0 Å². The highest BCUT2D eigenvalue weighted by atomic mass is 16.5. The molecule has 104 valence electrons. The largest absolute Gasteiger partial charge is 0.493 e. The second-order valence-corrected chi connectivity index (χ2v) is 5.91. The quantitative estimate of drug-likeness (QED) is 0.905. The van der Waals surface area contributed by atoms with Crippen molar-refractivity contribution >= 4 is 0 Å². The first-order chi connectivity index (χ1) is 8.67. The molecule has 0 unspecified atom stereocenters. The maximum absolute atomic E-state index is 8.98. The lowest BCUT2D eigenvalue weighted by atomic mass is 9.95. The van der Waals surface area contributed by atoms with Crippen molar-refractivity contribution in [1.82, 2.24) is 0 Å². The normalized spacial score (nSPS) is 14.4. The summed E-state index contributed by atoms with van der Waals surface area (Å²) in [5, 5.41) is 8.98. The van der Waals surface area contributed by atoms with Gasteiger partial charge in [-0.1, -0.05) is 6.07 Å². The fraction of sp³-hybridized carbons (Fsp3) is 0.533. The van der Waals surface area contributed by atoms with Crippen molar-refractivity contribution < 1.29 is 9.47 Å². The van der Waals surface area contributed by atoms with Gasteiger partial charge in [0, 0.05) is 6.42 Å². The molecule has 0 amide bonds. The number of ether oxygens (including phenoxy) is 2. The molecular weight excluding hydrogens is 240 g/mol. The van der Waals surface area contributed by atoms with Crippen molar-refractivity contribution in [2.45, 2.75) is 45.3 Å². The fourth-order valence-electron chi connectivity index (χ4n) is 1.70. The van der Waals surface area contributed by atoms with Crippen molar-refractivity contribution in [2.24, 2.45) is 5.73 Å². The van der Waals surface area contributed by atoms with Crippen LogP contribution in [0.1, 0.15) is 33.3 Å². The zero-order valence-corrected chi connectivity index (χ0v) is 12.3. The van der Waals surface area contributed by atoms with E-state index in [-0.39, 0.29) is 5.60 Å². The third-order valence-corrected chi connectivity index (χ3v) is 2.47. The van der Waals surface area contributed by atoms with Crippen molar-refractivity contribution in [2.75, 3.05) is 7.11 Å². The predicted octanol–water partition coefficient (Wildman–Crippen LogP) is 2.66. The molecule has 0 spiro atoms. The van der Waals surface area contributed by atoms with E-state index in [0.717, 1.165) is 5.56 Å². The highest BCUT2D eigenvalue weighted by molar-refractivity contribution is 5.44. The third kappa shape index (κ3) is 4.80. The van der Waals surface area contributed by atoms with Crippen molar-refractivity contribution in [3.05, 3.63) is 23.8 Å². The second kappa shape index (κ2) is 5.50. The van der Waals surface area contributed by atoms with Gasteiger partial charge in [0.25, 0.3) is 0 Å². The molecule has 2 N–H and O–H groups in total. The standard InChI is InChI=1S/C15H22N2O2/c1-14(2,3)19-13-8-11(6-7-12(13)18-5)9-15(4,17)10-16/h6-8H,9,17H2,1-5H3/t15-/m0/s1. The Labute approximate surface area is 115 Å². The molecule has 0 fully saturated rings. The Morgan fingerprint density at radius 1 is 1.21 bits per heavy atom. The molecule has 0 aliphatic heterocycles. The first kappa shape index (κ1) is 15.3. The summed E-state index contributed by atoms with van der Waals surface area (Å²) >= 11 is 0. The van der Waals surface area contributed by atoms with E-state index < -0.39 is 5.54 Å². The summed E-state index contributed by atoms with van der Waals surface area (Å²) in [5.74, 6) is 1.34. The summed E-state index contributed by atoms with van der Waals surface area (Å²) < 4.78 is 11.1. The number of hydrogen-bond acceptors (Lipinski definition) is 4. The molecule has 1 atom stereocenters. The topological polar surface area (TPSA) is 68.3 Å². The van der Waals surface area contributed by atoms with Crippen LogP contribution in [0.5, 0.6) is 11.5 Å². The number of hydrogen-bond donors (Lipinski definition) is 1.